The first-order chi connectivity index (χ1) is 31.5. The van der Waals surface area contributed by atoms with Crippen molar-refractivity contribution in [3.05, 3.63) is 85.1 Å². The molecular formula is C58H98O6. The van der Waals surface area contributed by atoms with Crippen LogP contribution in [0.15, 0.2) is 85.1 Å². The molecule has 0 fully saturated rings. The molecule has 0 aromatic rings. The van der Waals surface area contributed by atoms with Crippen molar-refractivity contribution in [2.24, 2.45) is 0 Å². The molecule has 0 heterocycles. The van der Waals surface area contributed by atoms with Gasteiger partial charge in [0.2, 0.25) is 0 Å². The fourth-order valence-corrected chi connectivity index (χ4v) is 7.10. The van der Waals surface area contributed by atoms with E-state index in [1.807, 2.05) is 0 Å². The number of carbonyl (C=O) groups excluding carboxylic acids is 3. The van der Waals surface area contributed by atoms with Crippen LogP contribution in [0.1, 0.15) is 245 Å². The average Bonchev–Trinajstić information content (AvgIpc) is 3.29. The molecule has 0 spiro atoms. The topological polar surface area (TPSA) is 78.9 Å². The second-order valence-corrected chi connectivity index (χ2v) is 17.4. The zero-order valence-corrected chi connectivity index (χ0v) is 41.8. The minimum absolute atomic E-state index is 0.0951. The van der Waals surface area contributed by atoms with Crippen molar-refractivity contribution in [2.45, 2.75) is 252 Å². The molecule has 0 N–H and O–H groups in total. The van der Waals surface area contributed by atoms with Gasteiger partial charge in [0.15, 0.2) is 6.10 Å². The lowest BCUT2D eigenvalue weighted by Crippen LogP contribution is -2.30. The van der Waals surface area contributed by atoms with Crippen molar-refractivity contribution < 1.29 is 28.6 Å². The lowest BCUT2D eigenvalue weighted by molar-refractivity contribution is -0.167. The molecular weight excluding hydrogens is 793 g/mol. The monoisotopic (exact) mass is 891 g/mol. The zero-order valence-electron chi connectivity index (χ0n) is 41.8. The van der Waals surface area contributed by atoms with Gasteiger partial charge < -0.3 is 14.2 Å². The summed E-state index contributed by atoms with van der Waals surface area (Å²) in [4.78, 5) is 38.0. The van der Waals surface area contributed by atoms with Crippen LogP contribution in [0.25, 0.3) is 0 Å². The van der Waals surface area contributed by atoms with E-state index < -0.39 is 6.10 Å². The van der Waals surface area contributed by atoms with Gasteiger partial charge in [-0.1, -0.05) is 196 Å². The van der Waals surface area contributed by atoms with Gasteiger partial charge in [-0.05, 0) is 116 Å². The molecule has 366 valence electrons. The van der Waals surface area contributed by atoms with E-state index in [0.29, 0.717) is 19.3 Å². The predicted octanol–water partition coefficient (Wildman–Crippen LogP) is 17.6. The van der Waals surface area contributed by atoms with Crippen molar-refractivity contribution in [3.8, 4) is 0 Å². The third-order valence-corrected chi connectivity index (χ3v) is 11.1. The summed E-state index contributed by atoms with van der Waals surface area (Å²) in [6.07, 6.45) is 67.0. The Balaban J connectivity index is 4.46. The predicted molar refractivity (Wildman–Crippen MR) is 274 cm³/mol. The number of esters is 3. The molecule has 6 nitrogen and oxygen atoms in total. The van der Waals surface area contributed by atoms with E-state index in [1.54, 1.807) is 0 Å². The molecule has 1 atom stereocenters. The summed E-state index contributed by atoms with van der Waals surface area (Å²) < 4.78 is 16.8. The lowest BCUT2D eigenvalue weighted by atomic mass is 10.1. The van der Waals surface area contributed by atoms with E-state index in [-0.39, 0.29) is 31.1 Å². The van der Waals surface area contributed by atoms with Gasteiger partial charge in [0, 0.05) is 19.3 Å². The fraction of sp³-hybridized carbons (Fsp3) is 0.707. The second-order valence-electron chi connectivity index (χ2n) is 17.4. The Labute approximate surface area is 395 Å². The van der Waals surface area contributed by atoms with Gasteiger partial charge in [-0.25, -0.2) is 0 Å². The molecule has 0 rings (SSSR count). The highest BCUT2D eigenvalue weighted by molar-refractivity contribution is 5.71. The van der Waals surface area contributed by atoms with Gasteiger partial charge in [-0.2, -0.15) is 0 Å². The summed E-state index contributed by atoms with van der Waals surface area (Å²) in [5.41, 5.74) is 0. The van der Waals surface area contributed by atoms with Gasteiger partial charge >= 0.3 is 17.9 Å². The summed E-state index contributed by atoms with van der Waals surface area (Å²) in [6.45, 7) is 6.45. The Morgan fingerprint density at radius 1 is 0.328 bits per heavy atom. The minimum Gasteiger partial charge on any atom is -0.462 e. The van der Waals surface area contributed by atoms with Crippen LogP contribution in [-0.2, 0) is 28.6 Å². The molecule has 0 aromatic heterocycles. The van der Waals surface area contributed by atoms with Crippen molar-refractivity contribution in [3.63, 3.8) is 0 Å². The standard InChI is InChI=1S/C58H98O6/c1-4-7-10-13-16-19-22-25-27-28-29-30-31-34-36-39-42-45-48-51-57(60)63-54-55(53-62-56(59)50-47-44-41-38-35-32-24-21-18-15-12-9-6-3)64-58(61)52-49-46-43-40-37-33-26-23-20-17-14-11-8-5-2/h7,10,16,19,21,23-27,29-30,34,36,55H,4-6,8-9,11-15,17-18,20,22,28,31-33,35,37-54H2,1-3H3/b10-7-,19-16-,24-21-,26-23-,27-25-,30-29-,36-34-/t55-/m1/s1. The largest absolute Gasteiger partial charge is 0.462 e. The first-order valence-electron chi connectivity index (χ1n) is 26.6. The molecule has 6 heteroatoms. The number of rotatable bonds is 47. The van der Waals surface area contributed by atoms with Crippen LogP contribution in [0.5, 0.6) is 0 Å². The maximum absolute atomic E-state index is 12.8. The molecule has 0 aliphatic carbocycles. The van der Waals surface area contributed by atoms with E-state index in [4.69, 9.17) is 14.2 Å². The summed E-state index contributed by atoms with van der Waals surface area (Å²) in [7, 11) is 0. The maximum Gasteiger partial charge on any atom is 0.306 e. The lowest BCUT2D eigenvalue weighted by Gasteiger charge is -2.18. The van der Waals surface area contributed by atoms with Gasteiger partial charge in [-0.3, -0.25) is 14.4 Å². The van der Waals surface area contributed by atoms with Crippen LogP contribution in [0.2, 0.25) is 0 Å². The number of carbonyl (C=O) groups is 3. The van der Waals surface area contributed by atoms with Crippen LogP contribution in [-0.4, -0.2) is 37.2 Å². The Bertz CT molecular complexity index is 1250. The third-order valence-electron chi connectivity index (χ3n) is 11.1. The highest BCUT2D eigenvalue weighted by atomic mass is 16.6. The number of unbranched alkanes of at least 4 members (excludes halogenated alkanes) is 22. The van der Waals surface area contributed by atoms with Crippen LogP contribution in [0.3, 0.4) is 0 Å². The number of allylic oxidation sites excluding steroid dienone is 14. The molecule has 64 heavy (non-hydrogen) atoms. The Morgan fingerprint density at radius 3 is 1.00 bits per heavy atom. The van der Waals surface area contributed by atoms with Gasteiger partial charge in [0.25, 0.3) is 0 Å². The van der Waals surface area contributed by atoms with Crippen LogP contribution < -0.4 is 0 Å². The molecule has 0 aromatic carbocycles. The van der Waals surface area contributed by atoms with E-state index in [0.717, 1.165) is 116 Å². The quantitative estimate of drug-likeness (QED) is 0.0262. The van der Waals surface area contributed by atoms with Gasteiger partial charge in [0.1, 0.15) is 13.2 Å². The van der Waals surface area contributed by atoms with Gasteiger partial charge in [-0.15, -0.1) is 0 Å². The smallest absolute Gasteiger partial charge is 0.306 e. The van der Waals surface area contributed by atoms with Crippen LogP contribution >= 0.6 is 0 Å². The maximum atomic E-state index is 12.8. The molecule has 0 bridgehead atoms. The number of hydrogen-bond acceptors (Lipinski definition) is 6. The van der Waals surface area contributed by atoms with Crippen molar-refractivity contribution >= 4 is 17.9 Å². The molecule has 0 aliphatic rings. The summed E-state index contributed by atoms with van der Waals surface area (Å²) in [5, 5.41) is 0. The Morgan fingerprint density at radius 2 is 0.609 bits per heavy atom. The second kappa shape index (κ2) is 52.2. The van der Waals surface area contributed by atoms with Crippen molar-refractivity contribution in [1.82, 2.24) is 0 Å². The first kappa shape index (κ1) is 60.6. The SMILES string of the molecule is CC/C=C\C/C=C\C/C=C\C/C=C\C/C=C\CCCCCC(=O)OC[C@@H](COC(=O)CCCCCCC/C=C\CCCCCC)OC(=O)CCCCCCC/C=C\CCCCCCC. The molecule has 0 saturated carbocycles. The normalized spacial score (nSPS) is 12.7. The summed E-state index contributed by atoms with van der Waals surface area (Å²) >= 11 is 0. The Hall–Kier alpha value is -3.41. The van der Waals surface area contributed by atoms with Crippen molar-refractivity contribution in [2.75, 3.05) is 13.2 Å². The molecule has 0 unspecified atom stereocenters. The summed E-state index contributed by atoms with van der Waals surface area (Å²) in [5.74, 6) is -0.945. The molecule has 0 amide bonds. The van der Waals surface area contributed by atoms with Crippen molar-refractivity contribution in [1.29, 1.82) is 0 Å². The van der Waals surface area contributed by atoms with E-state index in [1.165, 1.54) is 89.9 Å². The van der Waals surface area contributed by atoms with E-state index >= 15 is 0 Å². The third kappa shape index (κ3) is 49.6. The first-order valence-corrected chi connectivity index (χ1v) is 26.6. The molecule has 0 aliphatic heterocycles. The van der Waals surface area contributed by atoms with E-state index in [2.05, 4.69) is 106 Å². The Kier molecular flexibility index (Phi) is 49.4. The molecule has 0 radical (unpaired) electrons. The fourth-order valence-electron chi connectivity index (χ4n) is 7.10. The van der Waals surface area contributed by atoms with Crippen LogP contribution in [0.4, 0.5) is 0 Å². The number of ether oxygens (including phenoxy) is 3. The average molecular weight is 891 g/mol. The van der Waals surface area contributed by atoms with Gasteiger partial charge in [0.05, 0.1) is 0 Å². The molecule has 0 saturated heterocycles. The zero-order chi connectivity index (χ0) is 46.5. The van der Waals surface area contributed by atoms with Crippen LogP contribution in [0, 0.1) is 0 Å². The summed E-state index contributed by atoms with van der Waals surface area (Å²) in [6, 6.07) is 0. The van der Waals surface area contributed by atoms with E-state index in [9.17, 15) is 14.4 Å². The minimum atomic E-state index is -0.797. The highest BCUT2D eigenvalue weighted by Crippen LogP contribution is 2.13. The highest BCUT2D eigenvalue weighted by Gasteiger charge is 2.19. The number of hydrogen-bond donors (Lipinski definition) is 0.